The van der Waals surface area contributed by atoms with Gasteiger partial charge in [-0.25, -0.2) is 0 Å². The molecule has 0 bridgehead atoms. The summed E-state index contributed by atoms with van der Waals surface area (Å²) in [6, 6.07) is 11.5. The summed E-state index contributed by atoms with van der Waals surface area (Å²) in [5, 5.41) is 25.0. The van der Waals surface area contributed by atoms with Crippen LogP contribution >= 0.6 is 0 Å². The van der Waals surface area contributed by atoms with E-state index in [0.29, 0.717) is 32.2 Å². The first-order valence-electron chi connectivity index (χ1n) is 10.4. The highest BCUT2D eigenvalue weighted by Crippen LogP contribution is 2.36. The highest BCUT2D eigenvalue weighted by molar-refractivity contribution is 6.74. The lowest BCUT2D eigenvalue weighted by Gasteiger charge is -2.36. The predicted molar refractivity (Wildman–Crippen MR) is 125 cm³/mol. The summed E-state index contributed by atoms with van der Waals surface area (Å²) in [5.41, 5.74) is 1.05. The Morgan fingerprint density at radius 1 is 1.13 bits per heavy atom. The van der Waals surface area contributed by atoms with E-state index in [2.05, 4.69) is 44.5 Å². The summed E-state index contributed by atoms with van der Waals surface area (Å²) in [5.74, 6) is 1.21. The molecule has 0 aliphatic heterocycles. The molecule has 2 N–H and O–H groups in total. The number of ether oxygens (including phenoxy) is 2. The van der Waals surface area contributed by atoms with E-state index in [-0.39, 0.29) is 16.7 Å². The fraction of sp³-hybridized carbons (Fsp3) is 0.565. The second kappa shape index (κ2) is 12.4. The number of rotatable bonds is 12. The van der Waals surface area contributed by atoms with Gasteiger partial charge in [0.25, 0.3) is 0 Å². The highest BCUT2D eigenvalue weighted by Gasteiger charge is 2.36. The van der Waals surface area contributed by atoms with Crippen LogP contribution in [-0.4, -0.2) is 41.2 Å². The summed E-state index contributed by atoms with van der Waals surface area (Å²) >= 11 is 0. The molecule has 1 atom stereocenters. The van der Waals surface area contributed by atoms with E-state index in [0.717, 1.165) is 11.3 Å². The summed E-state index contributed by atoms with van der Waals surface area (Å²) < 4.78 is 17.1. The van der Waals surface area contributed by atoms with Crippen LogP contribution in [0.15, 0.2) is 35.7 Å². The first-order chi connectivity index (χ1) is 14.5. The number of hydrogen-bond donors (Lipinski definition) is 2. The van der Waals surface area contributed by atoms with Crippen LogP contribution in [0, 0.1) is 22.7 Å². The van der Waals surface area contributed by atoms with Crippen LogP contribution in [0.1, 0.15) is 33.3 Å². The Bertz CT molecular complexity index is 786. The number of allylic oxidation sites excluding steroid dienone is 1. The Hall–Kier alpha value is -2.52. The van der Waals surface area contributed by atoms with Crippen LogP contribution in [0.5, 0.6) is 5.75 Å². The topological polar surface area (TPSA) is 99.3 Å². The standard InChI is InChI=1S/C23H36N4O3Si/c1-18(16-29-17-19-8-10-21(28-5)11-9-19)27-22(20(14-24)15-25)26-12-13-30-31(6,7)23(2,3)4/h8-11,18,26-27H,12-13,16-17H2,1-7H3. The van der Waals surface area contributed by atoms with Crippen LogP contribution in [0.4, 0.5) is 0 Å². The quantitative estimate of drug-likeness (QED) is 0.285. The molecule has 0 spiro atoms. The maximum Gasteiger partial charge on any atom is 0.192 e. The summed E-state index contributed by atoms with van der Waals surface area (Å²) in [4.78, 5) is 0. The van der Waals surface area contributed by atoms with Crippen molar-refractivity contribution in [3.63, 3.8) is 0 Å². The highest BCUT2D eigenvalue weighted by atomic mass is 28.4. The van der Waals surface area contributed by atoms with E-state index in [9.17, 15) is 10.5 Å². The first kappa shape index (κ1) is 26.5. The molecule has 0 radical (unpaired) electrons. The number of nitrogens with one attached hydrogen (secondary N) is 2. The van der Waals surface area contributed by atoms with E-state index < -0.39 is 8.32 Å². The maximum atomic E-state index is 9.29. The molecule has 31 heavy (non-hydrogen) atoms. The van der Waals surface area contributed by atoms with Crippen LogP contribution < -0.4 is 15.4 Å². The third kappa shape index (κ3) is 9.02. The normalized spacial score (nSPS) is 12.3. The third-order valence-corrected chi connectivity index (χ3v) is 9.87. The van der Waals surface area contributed by atoms with Crippen molar-refractivity contribution < 1.29 is 13.9 Å². The van der Waals surface area contributed by atoms with Crippen LogP contribution in [0.2, 0.25) is 18.1 Å². The second-order valence-corrected chi connectivity index (χ2v) is 13.7. The van der Waals surface area contributed by atoms with Crippen molar-refractivity contribution in [1.82, 2.24) is 10.6 Å². The second-order valence-electron chi connectivity index (χ2n) is 8.92. The Morgan fingerprint density at radius 2 is 1.74 bits per heavy atom. The Kier molecular flexibility index (Phi) is 10.6. The predicted octanol–water partition coefficient (Wildman–Crippen LogP) is 4.06. The lowest BCUT2D eigenvalue weighted by atomic mass is 10.2. The zero-order chi connectivity index (χ0) is 23.5. The van der Waals surface area contributed by atoms with Gasteiger partial charge in [0.2, 0.25) is 0 Å². The van der Waals surface area contributed by atoms with Crippen LogP contribution in [-0.2, 0) is 15.8 Å². The molecule has 0 aromatic heterocycles. The molecular formula is C23H36N4O3Si. The summed E-state index contributed by atoms with van der Waals surface area (Å²) in [7, 11) is -0.210. The minimum absolute atomic E-state index is 0.00864. The van der Waals surface area contributed by atoms with Gasteiger partial charge in [-0.05, 0) is 42.8 Å². The Labute approximate surface area is 188 Å². The van der Waals surface area contributed by atoms with Gasteiger partial charge in [0, 0.05) is 12.6 Å². The minimum Gasteiger partial charge on any atom is -0.497 e. The largest absolute Gasteiger partial charge is 0.497 e. The average molecular weight is 445 g/mol. The van der Waals surface area contributed by atoms with Crippen molar-refractivity contribution in [3.8, 4) is 17.9 Å². The summed E-state index contributed by atoms with van der Waals surface area (Å²) in [6.45, 7) is 14.8. The van der Waals surface area contributed by atoms with Crippen molar-refractivity contribution in [2.75, 3.05) is 26.9 Å². The molecule has 0 amide bonds. The molecule has 0 aliphatic carbocycles. The third-order valence-electron chi connectivity index (χ3n) is 5.33. The Morgan fingerprint density at radius 3 is 2.26 bits per heavy atom. The summed E-state index contributed by atoms with van der Waals surface area (Å²) in [6.07, 6.45) is 0. The van der Waals surface area contributed by atoms with E-state index in [1.807, 2.05) is 43.3 Å². The van der Waals surface area contributed by atoms with E-state index in [1.165, 1.54) is 0 Å². The van der Waals surface area contributed by atoms with Gasteiger partial charge >= 0.3 is 0 Å². The van der Waals surface area contributed by atoms with Gasteiger partial charge in [-0.15, -0.1) is 0 Å². The number of benzene rings is 1. The smallest absolute Gasteiger partial charge is 0.192 e. The van der Waals surface area contributed by atoms with Crippen molar-refractivity contribution in [3.05, 3.63) is 41.2 Å². The van der Waals surface area contributed by atoms with Crippen molar-refractivity contribution in [2.24, 2.45) is 0 Å². The lowest BCUT2D eigenvalue weighted by Crippen LogP contribution is -2.43. The molecule has 1 aromatic carbocycles. The van der Waals surface area contributed by atoms with E-state index in [4.69, 9.17) is 13.9 Å². The van der Waals surface area contributed by atoms with E-state index in [1.54, 1.807) is 7.11 Å². The fourth-order valence-electron chi connectivity index (χ4n) is 2.41. The number of nitrogens with zero attached hydrogens (tertiary/aromatic N) is 2. The molecule has 0 saturated heterocycles. The molecule has 0 saturated carbocycles. The average Bonchev–Trinajstić information content (AvgIpc) is 2.71. The van der Waals surface area contributed by atoms with Crippen molar-refractivity contribution in [2.45, 2.75) is 58.5 Å². The van der Waals surface area contributed by atoms with Crippen molar-refractivity contribution >= 4 is 8.32 Å². The molecule has 0 heterocycles. The van der Waals surface area contributed by atoms with Gasteiger partial charge in [-0.1, -0.05) is 32.9 Å². The molecule has 7 nitrogen and oxygen atoms in total. The minimum atomic E-state index is -1.84. The van der Waals surface area contributed by atoms with Gasteiger partial charge in [0.15, 0.2) is 13.9 Å². The van der Waals surface area contributed by atoms with Crippen LogP contribution in [0.25, 0.3) is 0 Å². The van der Waals surface area contributed by atoms with E-state index >= 15 is 0 Å². The molecule has 8 heteroatoms. The molecule has 0 fully saturated rings. The molecule has 0 aliphatic rings. The lowest BCUT2D eigenvalue weighted by molar-refractivity contribution is 0.104. The van der Waals surface area contributed by atoms with Gasteiger partial charge in [0.1, 0.15) is 23.7 Å². The van der Waals surface area contributed by atoms with Gasteiger partial charge in [-0.2, -0.15) is 10.5 Å². The zero-order valence-corrected chi connectivity index (χ0v) is 20.8. The molecule has 1 unspecified atom stereocenters. The SMILES string of the molecule is COc1ccc(COCC(C)NC(NCCO[Si](C)(C)C(C)(C)C)=C(C#N)C#N)cc1. The molecular weight excluding hydrogens is 408 g/mol. The maximum absolute atomic E-state index is 9.29. The van der Waals surface area contributed by atoms with Crippen molar-refractivity contribution in [1.29, 1.82) is 10.5 Å². The number of methoxy groups -OCH3 is 1. The van der Waals surface area contributed by atoms with Gasteiger partial charge in [0.05, 0.1) is 26.9 Å². The van der Waals surface area contributed by atoms with Gasteiger partial charge < -0.3 is 24.5 Å². The number of nitriles is 2. The Balaban J connectivity index is 2.56. The molecule has 1 rings (SSSR count). The van der Waals surface area contributed by atoms with Gasteiger partial charge in [-0.3, -0.25) is 0 Å². The number of hydrogen-bond acceptors (Lipinski definition) is 7. The first-order valence-corrected chi connectivity index (χ1v) is 13.3. The molecule has 170 valence electrons. The van der Waals surface area contributed by atoms with Crippen LogP contribution in [0.3, 0.4) is 0 Å². The fourth-order valence-corrected chi connectivity index (χ4v) is 3.46. The zero-order valence-electron chi connectivity index (χ0n) is 19.8. The molecule has 1 aromatic rings. The monoisotopic (exact) mass is 444 g/mol.